The highest BCUT2D eigenvalue weighted by Crippen LogP contribution is 2.25. The summed E-state index contributed by atoms with van der Waals surface area (Å²) in [7, 11) is 1.59. The van der Waals surface area contributed by atoms with Crippen molar-refractivity contribution in [1.82, 2.24) is 14.5 Å². The second-order valence-electron chi connectivity index (χ2n) is 6.43. The number of hydrogen-bond donors (Lipinski definition) is 1. The van der Waals surface area contributed by atoms with Gasteiger partial charge in [-0.25, -0.2) is 4.98 Å². The van der Waals surface area contributed by atoms with Gasteiger partial charge in [0.05, 0.1) is 29.3 Å². The minimum Gasteiger partial charge on any atom is -0.481 e. The molecule has 1 aromatic heterocycles. The number of ether oxygens (including phenoxy) is 1. The predicted molar refractivity (Wildman–Crippen MR) is 100 cm³/mol. The van der Waals surface area contributed by atoms with Gasteiger partial charge in [0, 0.05) is 19.7 Å². The first kappa shape index (κ1) is 18.7. The summed E-state index contributed by atoms with van der Waals surface area (Å²) in [6.07, 6.45) is 2.37. The molecule has 0 spiro atoms. The molecule has 0 bridgehead atoms. The number of para-hydroxylation sites is 2. The fourth-order valence-corrected chi connectivity index (χ4v) is 3.99. The number of nitrogens with zero attached hydrogens (tertiary/aromatic N) is 3. The standard InChI is InChI=1S/C18H23N3O4S/c1-25-13-7-12(8-18(23)24)20(9-13)17(22)10-21-15-6-4-3-5-14(15)19-16(21)11-26-2/h3-6,12-13H,7-11H2,1-2H3,(H,23,24). The van der Waals surface area contributed by atoms with E-state index in [9.17, 15) is 9.59 Å². The molecule has 2 aromatic rings. The molecule has 0 saturated carbocycles. The third kappa shape index (κ3) is 3.86. The minimum atomic E-state index is -0.902. The number of carboxylic acids is 1. The van der Waals surface area contributed by atoms with Crippen LogP contribution in [-0.2, 0) is 26.6 Å². The first-order valence-corrected chi connectivity index (χ1v) is 9.90. The quantitative estimate of drug-likeness (QED) is 0.794. The molecule has 2 unspecified atom stereocenters. The smallest absolute Gasteiger partial charge is 0.305 e. The van der Waals surface area contributed by atoms with E-state index >= 15 is 0 Å². The number of carbonyl (C=O) groups excluding carboxylic acids is 1. The van der Waals surface area contributed by atoms with Crippen molar-refractivity contribution in [3.63, 3.8) is 0 Å². The topological polar surface area (TPSA) is 84.7 Å². The molecule has 0 radical (unpaired) electrons. The lowest BCUT2D eigenvalue weighted by atomic mass is 10.1. The van der Waals surface area contributed by atoms with E-state index in [0.717, 1.165) is 16.9 Å². The molecule has 7 nitrogen and oxygen atoms in total. The second-order valence-corrected chi connectivity index (χ2v) is 7.29. The normalized spacial score (nSPS) is 20.0. The van der Waals surface area contributed by atoms with E-state index in [-0.39, 0.29) is 31.0 Å². The van der Waals surface area contributed by atoms with Gasteiger partial charge in [0.15, 0.2) is 0 Å². The van der Waals surface area contributed by atoms with Crippen LogP contribution in [0.3, 0.4) is 0 Å². The van der Waals surface area contributed by atoms with Crippen molar-refractivity contribution in [2.75, 3.05) is 19.9 Å². The Bertz CT molecular complexity index is 807. The Morgan fingerprint density at radius 2 is 2.15 bits per heavy atom. The molecule has 1 aromatic carbocycles. The van der Waals surface area contributed by atoms with Gasteiger partial charge in [-0.3, -0.25) is 9.59 Å². The predicted octanol–water partition coefficient (Wildman–Crippen LogP) is 1.99. The van der Waals surface area contributed by atoms with E-state index in [1.54, 1.807) is 23.8 Å². The minimum absolute atomic E-state index is 0.0616. The number of amides is 1. The van der Waals surface area contributed by atoms with Crippen LogP contribution in [-0.4, -0.2) is 63.5 Å². The highest BCUT2D eigenvalue weighted by Gasteiger charge is 2.36. The van der Waals surface area contributed by atoms with Crippen molar-refractivity contribution >= 4 is 34.7 Å². The molecule has 1 aliphatic heterocycles. The molecule has 140 valence electrons. The number of aliphatic carboxylic acids is 1. The average Bonchev–Trinajstić information content (AvgIpc) is 3.16. The second kappa shape index (κ2) is 8.09. The fourth-order valence-electron chi connectivity index (χ4n) is 3.51. The van der Waals surface area contributed by atoms with Crippen molar-refractivity contribution in [2.24, 2.45) is 0 Å². The number of likely N-dealkylation sites (tertiary alicyclic amines) is 1. The summed E-state index contributed by atoms with van der Waals surface area (Å²) in [4.78, 5) is 30.4. The SMILES string of the molecule is COC1CC(CC(=O)O)N(C(=O)Cn2c(CSC)nc3ccccc32)C1. The summed E-state index contributed by atoms with van der Waals surface area (Å²) in [6, 6.07) is 7.42. The number of benzene rings is 1. The van der Waals surface area contributed by atoms with Crippen LogP contribution in [0.2, 0.25) is 0 Å². The highest BCUT2D eigenvalue weighted by molar-refractivity contribution is 7.97. The maximum absolute atomic E-state index is 13.0. The molecule has 2 atom stereocenters. The Hall–Kier alpha value is -2.06. The van der Waals surface area contributed by atoms with Gasteiger partial charge in [-0.15, -0.1) is 0 Å². The first-order chi connectivity index (χ1) is 12.5. The molecule has 0 aliphatic carbocycles. The van der Waals surface area contributed by atoms with Crippen LogP contribution >= 0.6 is 11.8 Å². The Morgan fingerprint density at radius 1 is 1.38 bits per heavy atom. The van der Waals surface area contributed by atoms with Gasteiger partial charge in [-0.1, -0.05) is 12.1 Å². The maximum Gasteiger partial charge on any atom is 0.305 e. The van der Waals surface area contributed by atoms with Crippen LogP contribution in [0.5, 0.6) is 0 Å². The summed E-state index contributed by atoms with van der Waals surface area (Å²) < 4.78 is 7.30. The number of imidazole rings is 1. The number of thioether (sulfide) groups is 1. The maximum atomic E-state index is 13.0. The molecule has 26 heavy (non-hydrogen) atoms. The molecule has 1 fully saturated rings. The number of methoxy groups -OCH3 is 1. The van der Waals surface area contributed by atoms with Gasteiger partial charge in [0.1, 0.15) is 12.4 Å². The lowest BCUT2D eigenvalue weighted by molar-refractivity contribution is -0.140. The molecule has 8 heteroatoms. The van der Waals surface area contributed by atoms with E-state index in [4.69, 9.17) is 9.84 Å². The lowest BCUT2D eigenvalue weighted by Crippen LogP contribution is -2.39. The van der Waals surface area contributed by atoms with Gasteiger partial charge < -0.3 is 19.3 Å². The van der Waals surface area contributed by atoms with Crippen LogP contribution in [0, 0.1) is 0 Å². The van der Waals surface area contributed by atoms with Crippen LogP contribution in [0.1, 0.15) is 18.7 Å². The van der Waals surface area contributed by atoms with E-state index in [2.05, 4.69) is 4.98 Å². The summed E-state index contributed by atoms with van der Waals surface area (Å²) in [5.41, 5.74) is 1.78. The zero-order valence-electron chi connectivity index (χ0n) is 14.9. The van der Waals surface area contributed by atoms with Crippen LogP contribution in [0.15, 0.2) is 24.3 Å². The molecule has 1 N–H and O–H groups in total. The van der Waals surface area contributed by atoms with E-state index in [1.165, 1.54) is 0 Å². The van der Waals surface area contributed by atoms with Crippen molar-refractivity contribution in [1.29, 1.82) is 0 Å². The first-order valence-electron chi connectivity index (χ1n) is 8.50. The van der Waals surface area contributed by atoms with Gasteiger partial charge in [-0.05, 0) is 24.8 Å². The third-order valence-corrected chi connectivity index (χ3v) is 5.29. The Morgan fingerprint density at radius 3 is 2.85 bits per heavy atom. The molecule has 2 heterocycles. The van der Waals surface area contributed by atoms with E-state index in [1.807, 2.05) is 35.1 Å². The van der Waals surface area contributed by atoms with E-state index in [0.29, 0.717) is 18.7 Å². The van der Waals surface area contributed by atoms with Gasteiger partial charge in [0.2, 0.25) is 5.91 Å². The Kier molecular flexibility index (Phi) is 5.83. The number of carboxylic acid groups (broad SMARTS) is 1. The van der Waals surface area contributed by atoms with Crippen molar-refractivity contribution in [3.8, 4) is 0 Å². The number of carbonyl (C=O) groups is 2. The van der Waals surface area contributed by atoms with Crippen molar-refractivity contribution in [2.45, 2.75) is 37.3 Å². The Balaban J connectivity index is 1.85. The zero-order valence-corrected chi connectivity index (χ0v) is 15.7. The largest absolute Gasteiger partial charge is 0.481 e. The number of aromatic nitrogens is 2. The third-order valence-electron chi connectivity index (χ3n) is 4.74. The summed E-state index contributed by atoms with van der Waals surface area (Å²) in [5, 5.41) is 9.15. The molecule has 1 aliphatic rings. The lowest BCUT2D eigenvalue weighted by Gasteiger charge is -2.24. The zero-order chi connectivity index (χ0) is 18.7. The molecular weight excluding hydrogens is 354 g/mol. The Labute approximate surface area is 156 Å². The van der Waals surface area contributed by atoms with E-state index < -0.39 is 5.97 Å². The molecule has 1 amide bonds. The van der Waals surface area contributed by atoms with Crippen molar-refractivity contribution in [3.05, 3.63) is 30.1 Å². The number of hydrogen-bond acceptors (Lipinski definition) is 5. The van der Waals surface area contributed by atoms with Crippen LogP contribution in [0.25, 0.3) is 11.0 Å². The van der Waals surface area contributed by atoms with Gasteiger partial charge in [0.25, 0.3) is 0 Å². The summed E-state index contributed by atoms with van der Waals surface area (Å²) in [5.74, 6) is 0.563. The summed E-state index contributed by atoms with van der Waals surface area (Å²) in [6.45, 7) is 0.584. The van der Waals surface area contributed by atoms with Crippen molar-refractivity contribution < 1.29 is 19.4 Å². The molecular formula is C18H23N3O4S. The average molecular weight is 377 g/mol. The van der Waals surface area contributed by atoms with Crippen LogP contribution < -0.4 is 0 Å². The summed E-state index contributed by atoms with van der Waals surface area (Å²) >= 11 is 1.65. The van der Waals surface area contributed by atoms with Gasteiger partial charge in [-0.2, -0.15) is 11.8 Å². The molecule has 3 rings (SSSR count). The monoisotopic (exact) mass is 377 g/mol. The number of fused-ring (bicyclic) bond motifs is 1. The molecule has 1 saturated heterocycles. The van der Waals surface area contributed by atoms with Gasteiger partial charge >= 0.3 is 5.97 Å². The van der Waals surface area contributed by atoms with Crippen LogP contribution in [0.4, 0.5) is 0 Å². The fraction of sp³-hybridized carbons (Fsp3) is 0.500. The number of rotatable bonds is 7. The highest BCUT2D eigenvalue weighted by atomic mass is 32.2.